The maximum absolute atomic E-state index is 7.92. The second-order valence-corrected chi connectivity index (χ2v) is 31.7. The molecule has 1 nitrogen and oxygen atoms in total. The highest BCUT2D eigenvalue weighted by atomic mass is 28.4. The van der Waals surface area contributed by atoms with E-state index in [-0.39, 0.29) is 5.41 Å². The molecule has 33 rings (SSSR count). The van der Waals surface area contributed by atoms with Gasteiger partial charge in [-0.1, -0.05) is 19.3 Å². The second kappa shape index (κ2) is 6.48. The molecule has 5 aliphatic carbocycles. The quantitative estimate of drug-likeness (QED) is 0.126. The molecule has 0 bridgehead atoms. The molecule has 0 spiro atoms. The van der Waals surface area contributed by atoms with Gasteiger partial charge in [0.25, 0.3) is 0 Å². The summed E-state index contributed by atoms with van der Waals surface area (Å²) in [6.45, 7) is 5.41. The highest BCUT2D eigenvalue weighted by Crippen LogP contribution is 2.84. The molecule has 1 saturated carbocycles. The van der Waals surface area contributed by atoms with Crippen molar-refractivity contribution in [2.24, 2.45) is 0 Å². The molecule has 0 N–H and O–H groups in total. The minimum Gasteiger partial charge on any atom is -0.414 e. The molecule has 2 heteroatoms. The van der Waals surface area contributed by atoms with Crippen molar-refractivity contribution in [3.05, 3.63) is 22.3 Å². The van der Waals surface area contributed by atoms with Crippen LogP contribution >= 0.6 is 0 Å². The normalized spacial score (nSPS) is 22.5. The predicted octanol–water partition coefficient (Wildman–Crippen LogP) is 19.7. The Kier molecular flexibility index (Phi) is 2.54. The van der Waals surface area contributed by atoms with Crippen LogP contribution in [0.2, 0.25) is 19.1 Å². The fourth-order valence-electron chi connectivity index (χ4n) is 26.0. The Morgan fingerprint density at radius 2 is 0.479 bits per heavy atom. The van der Waals surface area contributed by atoms with Gasteiger partial charge >= 0.3 is 0 Å². The Morgan fingerprint density at radius 3 is 0.732 bits per heavy atom. The van der Waals surface area contributed by atoms with E-state index in [1.807, 2.05) is 11.1 Å². The average Bonchev–Trinajstić information content (AvgIpc) is 4.34. The minimum absolute atomic E-state index is 0.171. The molecule has 0 radical (unpaired) electrons. The van der Waals surface area contributed by atoms with Gasteiger partial charge in [0.15, 0.2) is 8.32 Å². The summed E-state index contributed by atoms with van der Waals surface area (Å²) in [5.74, 6) is 0.315. The van der Waals surface area contributed by atoms with Crippen LogP contribution in [0.1, 0.15) is 60.3 Å². The molecule has 0 heterocycles. The molecule has 0 aliphatic heterocycles. The maximum atomic E-state index is 7.92. The molecule has 0 aromatic heterocycles. The number of hydrogen-bond donors (Lipinski definition) is 0. The predicted molar refractivity (Wildman–Crippen MR) is 305 cm³/mol. The number of hydrogen-bond acceptors (Lipinski definition) is 1. The van der Waals surface area contributed by atoms with Crippen molar-refractivity contribution in [1.82, 2.24) is 0 Å². The van der Waals surface area contributed by atoms with Crippen LogP contribution in [0.5, 0.6) is 0 Å². The molecular weight excluding hydrogens is 873 g/mol. The zero-order valence-electron chi connectivity index (χ0n) is 37.8. The third-order valence-corrected chi connectivity index (χ3v) is 28.4. The summed E-state index contributed by atoms with van der Waals surface area (Å²) >= 11 is 0. The zero-order valence-corrected chi connectivity index (χ0v) is 38.8. The molecule has 0 unspecified atom stereocenters. The van der Waals surface area contributed by atoms with Gasteiger partial charge in [0, 0.05) is 17.4 Å². The lowest BCUT2D eigenvalue weighted by atomic mass is 9.58. The number of benzene rings is 18. The van der Waals surface area contributed by atoms with Gasteiger partial charge in [0.2, 0.25) is 0 Å². The summed E-state index contributed by atoms with van der Waals surface area (Å²) in [6, 6.07) is 1.18. The van der Waals surface area contributed by atoms with Crippen LogP contribution in [0.4, 0.5) is 0 Å². The van der Waals surface area contributed by atoms with E-state index in [2.05, 4.69) is 13.1 Å². The molecule has 1 fully saturated rings. The van der Waals surface area contributed by atoms with Crippen LogP contribution in [0.15, 0.2) is 0 Å². The zero-order chi connectivity index (χ0) is 42.6. The Labute approximate surface area is 392 Å². The van der Waals surface area contributed by atoms with E-state index in [0.29, 0.717) is 12.0 Å². The lowest BCUT2D eigenvalue weighted by Gasteiger charge is -2.48. The highest BCUT2D eigenvalue weighted by Gasteiger charge is 2.64. The Bertz CT molecular complexity index is 6940. The minimum atomic E-state index is -2.37. The summed E-state index contributed by atoms with van der Waals surface area (Å²) < 4.78 is 7.92. The molecule has 28 aromatic carbocycles. The third kappa shape index (κ3) is 1.61. The van der Waals surface area contributed by atoms with Crippen LogP contribution < -0.4 is 0 Å². The van der Waals surface area contributed by atoms with Crippen molar-refractivity contribution in [1.29, 1.82) is 0 Å². The lowest BCUT2D eigenvalue weighted by molar-refractivity contribution is 0.143. The standard InChI is InChI=1S/C69H20OSi/c1-71(2,70-9-6-4-3-5-7-9)8-69-66-62-56-42-34-26-14-11-10-12-15(14)27-29-25-19(12)21-17-13(10)16-20-18(11)24-28(26)40(42)48-46-32(24)30(20)38-36-22(16)23(17)37-39-31(21)33(25)47-49-41(29)43(35(27)34)57(56)63(66)59(49)61-53(47)51(39)55-45(37)44(36)54-50(38)52(46)60(58(48)62)67(69)64(54)65(55)68(61)69/h9,66H,3-8H2,1-2H3. The maximum Gasteiger partial charge on any atom is 0.188 e. The van der Waals surface area contributed by atoms with Crippen molar-refractivity contribution in [3.63, 3.8) is 0 Å². The Morgan fingerprint density at radius 1 is 0.282 bits per heavy atom. The van der Waals surface area contributed by atoms with Crippen molar-refractivity contribution >= 4 is 299 Å². The average molecular weight is 893 g/mol. The summed E-state index contributed by atoms with van der Waals surface area (Å²) in [6.07, 6.45) is 6.94. The first kappa shape index (κ1) is 27.9. The van der Waals surface area contributed by atoms with Gasteiger partial charge in [-0.15, -0.1) is 0 Å². The first-order valence-corrected chi connectivity index (χ1v) is 30.7. The van der Waals surface area contributed by atoms with Crippen LogP contribution in [-0.2, 0) is 9.84 Å². The Hall–Kier alpha value is -7.36. The van der Waals surface area contributed by atoms with Gasteiger partial charge in [-0.3, -0.25) is 0 Å². The van der Waals surface area contributed by atoms with E-state index in [0.717, 1.165) is 0 Å². The van der Waals surface area contributed by atoms with Crippen LogP contribution in [-0.4, -0.2) is 14.4 Å². The van der Waals surface area contributed by atoms with Crippen molar-refractivity contribution < 1.29 is 4.43 Å². The fourth-order valence-corrected chi connectivity index (χ4v) is 29.1. The third-order valence-electron chi connectivity index (χ3n) is 26.0. The monoisotopic (exact) mass is 892 g/mol. The van der Waals surface area contributed by atoms with Crippen LogP contribution in [0.3, 0.4) is 0 Å². The smallest absolute Gasteiger partial charge is 0.188 e. The highest BCUT2D eigenvalue weighted by molar-refractivity contribution is 6.82. The largest absolute Gasteiger partial charge is 0.414 e. The van der Waals surface area contributed by atoms with Gasteiger partial charge in [-0.05, 0) is 345 Å². The van der Waals surface area contributed by atoms with Gasteiger partial charge in [0.1, 0.15) is 0 Å². The van der Waals surface area contributed by atoms with E-state index in [9.17, 15) is 0 Å². The molecule has 306 valence electrons. The van der Waals surface area contributed by atoms with Gasteiger partial charge in [-0.25, -0.2) is 0 Å². The summed E-state index contributed by atoms with van der Waals surface area (Å²) in [5.41, 5.74) is 7.04. The van der Waals surface area contributed by atoms with Crippen molar-refractivity contribution in [2.75, 3.05) is 0 Å². The number of rotatable bonds is 4. The van der Waals surface area contributed by atoms with Gasteiger partial charge in [0.05, 0.1) is 0 Å². The summed E-state index contributed by atoms with van der Waals surface area (Å²) in [5, 5.41) is 91.4. The molecule has 28 aromatic rings. The molecule has 0 atom stereocenters. The van der Waals surface area contributed by atoms with E-state index < -0.39 is 8.32 Å². The summed E-state index contributed by atoms with van der Waals surface area (Å²) in [4.78, 5) is 0. The van der Waals surface area contributed by atoms with Gasteiger partial charge < -0.3 is 4.43 Å². The molecule has 0 amide bonds. The molecule has 71 heavy (non-hydrogen) atoms. The van der Waals surface area contributed by atoms with E-state index in [4.69, 9.17) is 4.43 Å². The van der Waals surface area contributed by atoms with Gasteiger partial charge in [-0.2, -0.15) is 0 Å². The SMILES string of the molecule is C[Si](C)(CC12c3c4c5c6c7c8c(c9c%10c1c1c3c3c%11c4c4c5c5c7c7c%12c8c8c9c9c%10c%10c1c1c3c3c%11c%11c4c4c5c7c5c7c%12c8c8c9c9c%10c1c1c3c3c%11c4c5c4c7c8c9c1c34)C62)OC1CCCCC1. The van der Waals surface area contributed by atoms with Crippen LogP contribution in [0.25, 0.3) is 291 Å². The van der Waals surface area contributed by atoms with E-state index in [1.54, 1.807) is 302 Å². The molecule has 5 aliphatic rings. The summed E-state index contributed by atoms with van der Waals surface area (Å²) in [7, 11) is -2.37. The second-order valence-electron chi connectivity index (χ2n) is 27.5. The molecular formula is C69H20OSi. The fraction of sp³-hybridized carbons (Fsp3) is 0.159. The van der Waals surface area contributed by atoms with Crippen molar-refractivity contribution in [3.8, 4) is 0 Å². The van der Waals surface area contributed by atoms with E-state index in [1.165, 1.54) is 38.1 Å². The Balaban J connectivity index is 1.11. The topological polar surface area (TPSA) is 9.23 Å². The first-order valence-electron chi connectivity index (χ1n) is 27.6. The van der Waals surface area contributed by atoms with Crippen LogP contribution in [0, 0.1) is 0 Å². The van der Waals surface area contributed by atoms with E-state index >= 15 is 0 Å². The first-order chi connectivity index (χ1) is 35.2. The van der Waals surface area contributed by atoms with Crippen molar-refractivity contribution in [2.45, 2.75) is 68.7 Å². The molecule has 0 saturated heterocycles. The lowest BCUT2D eigenvalue weighted by Crippen LogP contribution is -2.47.